The molecule has 2 N–H and O–H groups in total. The molecule has 0 radical (unpaired) electrons. The Morgan fingerprint density at radius 3 is 2.93 bits per heavy atom. The highest BCUT2D eigenvalue weighted by Gasteiger charge is 2.27. The molecule has 1 atom stereocenters. The molecule has 0 aliphatic carbocycles. The van der Waals surface area contributed by atoms with Gasteiger partial charge in [-0.1, -0.05) is 0 Å². The summed E-state index contributed by atoms with van der Waals surface area (Å²) in [7, 11) is 0. The highest BCUT2D eigenvalue weighted by Crippen LogP contribution is 2.26. The van der Waals surface area contributed by atoms with Gasteiger partial charge in [-0.05, 0) is 37.1 Å². The van der Waals surface area contributed by atoms with Crippen LogP contribution in [0.4, 0.5) is 26.4 Å². The minimum Gasteiger partial charge on any atom is -0.394 e. The first-order chi connectivity index (χ1) is 14.6. The number of hydrogen-bond donors (Lipinski definition) is 2. The van der Waals surface area contributed by atoms with Crippen molar-refractivity contribution in [3.63, 3.8) is 0 Å². The van der Waals surface area contributed by atoms with Crippen molar-refractivity contribution >= 4 is 23.1 Å². The second kappa shape index (κ2) is 7.38. The van der Waals surface area contributed by atoms with Gasteiger partial charge in [0.1, 0.15) is 17.7 Å². The van der Waals surface area contributed by atoms with Crippen molar-refractivity contribution in [2.75, 3.05) is 23.4 Å². The van der Waals surface area contributed by atoms with Crippen molar-refractivity contribution < 1.29 is 13.9 Å². The largest absolute Gasteiger partial charge is 0.394 e. The number of anilines is 3. The van der Waals surface area contributed by atoms with E-state index in [2.05, 4.69) is 20.4 Å². The number of aliphatic hydroxyl groups excluding tert-OH is 1. The SMILES string of the molecule is OCC1CCCN1c1nc(Nc2cn(-c3ccc(F)c(F)c3)cn2)c2cccn2n1. The first-order valence-corrected chi connectivity index (χ1v) is 9.62. The van der Waals surface area contributed by atoms with Crippen molar-refractivity contribution in [3.05, 3.63) is 60.7 Å². The lowest BCUT2D eigenvalue weighted by atomic mass is 10.2. The van der Waals surface area contributed by atoms with Crippen LogP contribution in [-0.4, -0.2) is 48.4 Å². The zero-order chi connectivity index (χ0) is 20.7. The Balaban J connectivity index is 1.47. The molecule has 3 aromatic heterocycles. The monoisotopic (exact) mass is 411 g/mol. The van der Waals surface area contributed by atoms with E-state index in [4.69, 9.17) is 0 Å². The second-order valence-electron chi connectivity index (χ2n) is 7.16. The fourth-order valence-electron chi connectivity index (χ4n) is 3.72. The van der Waals surface area contributed by atoms with Crippen molar-refractivity contribution in [2.24, 2.45) is 0 Å². The Bertz CT molecular complexity index is 1210. The number of rotatable bonds is 5. The maximum absolute atomic E-state index is 13.5. The Hall–Kier alpha value is -3.53. The summed E-state index contributed by atoms with van der Waals surface area (Å²) in [5.74, 6) is -0.242. The molecule has 5 rings (SSSR count). The highest BCUT2D eigenvalue weighted by molar-refractivity contribution is 5.73. The maximum atomic E-state index is 13.5. The number of aromatic nitrogens is 5. The van der Waals surface area contributed by atoms with Gasteiger partial charge in [0.25, 0.3) is 0 Å². The van der Waals surface area contributed by atoms with E-state index >= 15 is 0 Å². The Morgan fingerprint density at radius 1 is 1.20 bits per heavy atom. The van der Waals surface area contributed by atoms with E-state index in [1.807, 2.05) is 23.2 Å². The van der Waals surface area contributed by atoms with E-state index in [0.29, 0.717) is 23.3 Å². The number of fused-ring (bicyclic) bond motifs is 1. The summed E-state index contributed by atoms with van der Waals surface area (Å²) in [6, 6.07) is 7.40. The first kappa shape index (κ1) is 18.5. The Labute approximate surface area is 170 Å². The number of nitrogens with zero attached hydrogens (tertiary/aromatic N) is 6. The number of hydrogen-bond acceptors (Lipinski definition) is 6. The summed E-state index contributed by atoms with van der Waals surface area (Å²) in [5.41, 5.74) is 1.22. The number of nitrogens with one attached hydrogen (secondary N) is 1. The lowest BCUT2D eigenvalue weighted by Crippen LogP contribution is -2.34. The fourth-order valence-corrected chi connectivity index (χ4v) is 3.72. The Kier molecular flexibility index (Phi) is 4.55. The Morgan fingerprint density at radius 2 is 2.10 bits per heavy atom. The third-order valence-electron chi connectivity index (χ3n) is 5.25. The summed E-state index contributed by atoms with van der Waals surface area (Å²) in [4.78, 5) is 11.0. The van der Waals surface area contributed by atoms with Gasteiger partial charge < -0.3 is 19.9 Å². The van der Waals surface area contributed by atoms with Gasteiger partial charge in [0.15, 0.2) is 17.5 Å². The van der Waals surface area contributed by atoms with E-state index in [1.165, 1.54) is 12.4 Å². The lowest BCUT2D eigenvalue weighted by Gasteiger charge is -2.23. The van der Waals surface area contributed by atoms with Crippen molar-refractivity contribution in [1.29, 1.82) is 0 Å². The van der Waals surface area contributed by atoms with Gasteiger partial charge in [-0.2, -0.15) is 4.98 Å². The fraction of sp³-hybridized carbons (Fsp3) is 0.250. The van der Waals surface area contributed by atoms with E-state index < -0.39 is 11.6 Å². The molecule has 4 heterocycles. The van der Waals surface area contributed by atoms with Crippen molar-refractivity contribution in [3.8, 4) is 5.69 Å². The first-order valence-electron chi connectivity index (χ1n) is 9.62. The average molecular weight is 411 g/mol. The predicted molar refractivity (Wildman–Crippen MR) is 107 cm³/mol. The average Bonchev–Trinajstić information content (AvgIpc) is 3.50. The third kappa shape index (κ3) is 3.24. The van der Waals surface area contributed by atoms with Crippen LogP contribution < -0.4 is 10.2 Å². The molecule has 0 spiro atoms. The van der Waals surface area contributed by atoms with Gasteiger partial charge >= 0.3 is 0 Å². The molecule has 1 fully saturated rings. The molecule has 1 unspecified atom stereocenters. The smallest absolute Gasteiger partial charge is 0.245 e. The summed E-state index contributed by atoms with van der Waals surface area (Å²) < 4.78 is 30.1. The molecule has 0 amide bonds. The lowest BCUT2D eigenvalue weighted by molar-refractivity contribution is 0.265. The molecular weight excluding hydrogens is 392 g/mol. The van der Waals surface area contributed by atoms with E-state index in [0.717, 1.165) is 37.0 Å². The molecule has 1 aliphatic rings. The van der Waals surface area contributed by atoms with Crippen LogP contribution in [0.5, 0.6) is 0 Å². The topological polar surface area (TPSA) is 83.5 Å². The van der Waals surface area contributed by atoms with Crippen LogP contribution in [0, 0.1) is 11.6 Å². The number of benzene rings is 1. The predicted octanol–water partition coefficient (Wildman–Crippen LogP) is 2.90. The molecule has 30 heavy (non-hydrogen) atoms. The molecule has 10 heteroatoms. The highest BCUT2D eigenvalue weighted by atomic mass is 19.2. The normalized spacial score (nSPS) is 16.5. The zero-order valence-electron chi connectivity index (χ0n) is 15.9. The second-order valence-corrected chi connectivity index (χ2v) is 7.16. The van der Waals surface area contributed by atoms with Crippen LogP contribution in [0.1, 0.15) is 12.8 Å². The van der Waals surface area contributed by atoms with E-state index in [-0.39, 0.29) is 12.6 Å². The van der Waals surface area contributed by atoms with Gasteiger partial charge in [-0.3, -0.25) is 0 Å². The molecule has 1 aromatic carbocycles. The molecule has 154 valence electrons. The standard InChI is InChI=1S/C20H19F2N7O/c21-15-6-5-13(9-16(15)22)27-10-18(23-12-27)24-19-17-4-2-8-29(17)26-20(25-19)28-7-1-3-14(28)11-30/h2,4-6,8-10,12,14,30H,1,3,7,11H2,(H,24,25,26). The number of halogens is 2. The summed E-state index contributed by atoms with van der Waals surface area (Å²) in [6.45, 7) is 0.830. The molecule has 0 bridgehead atoms. The summed E-state index contributed by atoms with van der Waals surface area (Å²) in [5, 5.41) is 17.4. The molecular formula is C20H19F2N7O. The summed E-state index contributed by atoms with van der Waals surface area (Å²) >= 11 is 0. The molecule has 4 aromatic rings. The maximum Gasteiger partial charge on any atom is 0.245 e. The van der Waals surface area contributed by atoms with Crippen LogP contribution in [0.25, 0.3) is 11.2 Å². The summed E-state index contributed by atoms with van der Waals surface area (Å²) in [6.07, 6.45) is 6.87. The van der Waals surface area contributed by atoms with Crippen LogP contribution in [0.15, 0.2) is 49.1 Å². The van der Waals surface area contributed by atoms with Gasteiger partial charge in [-0.25, -0.2) is 18.3 Å². The molecule has 8 nitrogen and oxygen atoms in total. The van der Waals surface area contributed by atoms with Gasteiger partial charge in [0.05, 0.1) is 18.8 Å². The number of aliphatic hydroxyl groups is 1. The van der Waals surface area contributed by atoms with Crippen LogP contribution in [0.2, 0.25) is 0 Å². The minimum absolute atomic E-state index is 0.00144. The minimum atomic E-state index is -0.921. The zero-order valence-corrected chi connectivity index (χ0v) is 15.9. The molecule has 1 aliphatic heterocycles. The number of imidazole rings is 1. The van der Waals surface area contributed by atoms with Crippen LogP contribution >= 0.6 is 0 Å². The van der Waals surface area contributed by atoms with E-state index in [1.54, 1.807) is 15.3 Å². The van der Waals surface area contributed by atoms with Crippen molar-refractivity contribution in [2.45, 2.75) is 18.9 Å². The van der Waals surface area contributed by atoms with Gasteiger partial charge in [0.2, 0.25) is 5.95 Å². The van der Waals surface area contributed by atoms with Crippen molar-refractivity contribution in [1.82, 2.24) is 24.1 Å². The van der Waals surface area contributed by atoms with Crippen LogP contribution in [0.3, 0.4) is 0 Å². The third-order valence-corrected chi connectivity index (χ3v) is 5.25. The van der Waals surface area contributed by atoms with Gasteiger partial charge in [-0.15, -0.1) is 5.10 Å². The van der Waals surface area contributed by atoms with Gasteiger partial charge in [0, 0.05) is 24.5 Å². The molecule has 1 saturated heterocycles. The van der Waals surface area contributed by atoms with Crippen LogP contribution in [-0.2, 0) is 0 Å². The molecule has 0 saturated carbocycles. The van der Waals surface area contributed by atoms with E-state index in [9.17, 15) is 13.9 Å². The quantitative estimate of drug-likeness (QED) is 0.526.